The minimum atomic E-state index is -1.03. The molecule has 1 heterocycles. The molecule has 0 saturated carbocycles. The van der Waals surface area contributed by atoms with Crippen LogP contribution in [-0.4, -0.2) is 24.9 Å². The highest BCUT2D eigenvalue weighted by Gasteiger charge is 2.19. The van der Waals surface area contributed by atoms with Crippen LogP contribution in [0.1, 0.15) is 22.8 Å². The maximum Gasteiger partial charge on any atom is 0.259 e. The summed E-state index contributed by atoms with van der Waals surface area (Å²) in [5.74, 6) is -2.89. The minimum absolute atomic E-state index is 0.0967. The Bertz CT molecular complexity index is 1420. The van der Waals surface area contributed by atoms with Crippen LogP contribution in [0.2, 0.25) is 0 Å². The number of carbonyl (C=O) groups excluding carboxylic acids is 1. The Morgan fingerprint density at radius 1 is 0.889 bits per heavy atom. The van der Waals surface area contributed by atoms with Crippen molar-refractivity contribution in [3.8, 4) is 34.4 Å². The SMILES string of the molecule is CC(=O)c1ccc(N(C)C)cc1Oc1nc(Oc2cccc(-c3cccc(CN)c3)c2)c(F)cc1F. The fraction of sp³-hybridized carbons (Fsp3) is 0.143. The standard InChI is InChI=1S/C28H25F2N3O3/c1-17(34)23-11-10-21(33(2)3)14-26(23)36-28-25(30)15-24(29)27(32-28)35-22-9-5-8-20(13-22)19-7-4-6-18(12-19)16-31/h4-15H,16,31H2,1-3H3. The molecule has 0 fully saturated rings. The number of halogens is 2. The van der Waals surface area contributed by atoms with Gasteiger partial charge in [0, 0.05) is 38.5 Å². The summed E-state index contributed by atoms with van der Waals surface area (Å²) in [5, 5.41) is 0. The van der Waals surface area contributed by atoms with E-state index in [1.807, 2.05) is 44.4 Å². The van der Waals surface area contributed by atoms with Crippen LogP contribution < -0.4 is 20.1 Å². The van der Waals surface area contributed by atoms with Gasteiger partial charge in [-0.1, -0.05) is 30.3 Å². The first-order valence-electron chi connectivity index (χ1n) is 11.2. The number of nitrogens with two attached hydrogens (primary N) is 1. The summed E-state index contributed by atoms with van der Waals surface area (Å²) in [4.78, 5) is 17.8. The van der Waals surface area contributed by atoms with E-state index in [9.17, 15) is 13.6 Å². The quantitative estimate of drug-likeness (QED) is 0.291. The van der Waals surface area contributed by atoms with Crippen LogP contribution >= 0.6 is 0 Å². The van der Waals surface area contributed by atoms with Gasteiger partial charge in [-0.3, -0.25) is 4.79 Å². The topological polar surface area (TPSA) is 77.7 Å². The molecule has 1 aromatic heterocycles. The number of hydrogen-bond acceptors (Lipinski definition) is 6. The minimum Gasteiger partial charge on any atom is -0.436 e. The Morgan fingerprint density at radius 2 is 1.56 bits per heavy atom. The highest BCUT2D eigenvalue weighted by Crippen LogP contribution is 2.34. The molecule has 4 aromatic rings. The van der Waals surface area contributed by atoms with Gasteiger partial charge in [0.25, 0.3) is 11.8 Å². The molecule has 0 bridgehead atoms. The molecule has 4 rings (SSSR count). The molecule has 0 aliphatic rings. The highest BCUT2D eigenvalue weighted by molar-refractivity contribution is 5.97. The molecule has 2 N–H and O–H groups in total. The van der Waals surface area contributed by atoms with Gasteiger partial charge in [-0.2, -0.15) is 4.98 Å². The molecule has 36 heavy (non-hydrogen) atoms. The molecule has 0 atom stereocenters. The molecule has 0 saturated heterocycles. The van der Waals surface area contributed by atoms with Crippen LogP contribution in [0.25, 0.3) is 11.1 Å². The first kappa shape index (κ1) is 24.8. The van der Waals surface area contributed by atoms with Crippen LogP contribution in [0.15, 0.2) is 72.8 Å². The van der Waals surface area contributed by atoms with Crippen molar-refractivity contribution < 1.29 is 23.0 Å². The van der Waals surface area contributed by atoms with Gasteiger partial charge in [0.05, 0.1) is 5.56 Å². The van der Waals surface area contributed by atoms with Gasteiger partial charge >= 0.3 is 0 Å². The summed E-state index contributed by atoms with van der Waals surface area (Å²) in [6.45, 7) is 1.77. The van der Waals surface area contributed by atoms with Crippen molar-refractivity contribution in [3.63, 3.8) is 0 Å². The zero-order valence-corrected chi connectivity index (χ0v) is 20.1. The van der Waals surface area contributed by atoms with Crippen molar-refractivity contribution in [2.45, 2.75) is 13.5 Å². The molecule has 0 spiro atoms. The van der Waals surface area contributed by atoms with Crippen LogP contribution in [0.5, 0.6) is 23.3 Å². The number of anilines is 1. The molecule has 0 aliphatic heterocycles. The van der Waals surface area contributed by atoms with Gasteiger partial charge in [0.1, 0.15) is 11.5 Å². The third kappa shape index (κ3) is 5.50. The van der Waals surface area contributed by atoms with Crippen molar-refractivity contribution in [2.75, 3.05) is 19.0 Å². The molecule has 0 amide bonds. The normalized spacial score (nSPS) is 10.7. The summed E-state index contributed by atoms with van der Waals surface area (Å²) in [6.07, 6.45) is 0. The fourth-order valence-corrected chi connectivity index (χ4v) is 3.57. The summed E-state index contributed by atoms with van der Waals surface area (Å²) in [7, 11) is 3.63. The second-order valence-corrected chi connectivity index (χ2v) is 8.33. The van der Waals surface area contributed by atoms with Crippen LogP contribution in [0, 0.1) is 11.6 Å². The Morgan fingerprint density at radius 3 is 2.22 bits per heavy atom. The van der Waals surface area contributed by atoms with Crippen LogP contribution in [-0.2, 0) is 6.54 Å². The van der Waals surface area contributed by atoms with Gasteiger partial charge in [-0.15, -0.1) is 0 Å². The predicted octanol–water partition coefficient (Wildman–Crippen LogP) is 6.34. The second-order valence-electron chi connectivity index (χ2n) is 8.33. The lowest BCUT2D eigenvalue weighted by Gasteiger charge is -2.16. The zero-order chi connectivity index (χ0) is 25.8. The first-order valence-corrected chi connectivity index (χ1v) is 11.2. The molecule has 184 valence electrons. The predicted molar refractivity (Wildman–Crippen MR) is 135 cm³/mol. The van der Waals surface area contributed by atoms with Gasteiger partial charge in [-0.25, -0.2) is 8.78 Å². The Hall–Kier alpha value is -4.30. The van der Waals surface area contributed by atoms with Gasteiger partial charge in [0.2, 0.25) is 0 Å². The number of carbonyl (C=O) groups is 1. The molecular formula is C28H25F2N3O3. The highest BCUT2D eigenvalue weighted by atomic mass is 19.1. The Kier molecular flexibility index (Phi) is 7.26. The zero-order valence-electron chi connectivity index (χ0n) is 20.1. The smallest absolute Gasteiger partial charge is 0.259 e. The number of benzene rings is 3. The molecule has 0 aliphatic carbocycles. The number of ketones is 1. The van der Waals surface area contributed by atoms with E-state index in [1.54, 1.807) is 41.3 Å². The molecule has 6 nitrogen and oxygen atoms in total. The number of rotatable bonds is 8. The van der Waals surface area contributed by atoms with E-state index in [0.717, 1.165) is 22.4 Å². The lowest BCUT2D eigenvalue weighted by atomic mass is 10.0. The Balaban J connectivity index is 1.66. The molecule has 3 aromatic carbocycles. The third-order valence-electron chi connectivity index (χ3n) is 5.48. The van der Waals surface area contributed by atoms with Crippen molar-refractivity contribution in [3.05, 3.63) is 95.6 Å². The maximum absolute atomic E-state index is 14.6. The van der Waals surface area contributed by atoms with E-state index >= 15 is 0 Å². The lowest BCUT2D eigenvalue weighted by Crippen LogP contribution is -2.09. The molecule has 0 unspecified atom stereocenters. The molecule has 8 heteroatoms. The fourth-order valence-electron chi connectivity index (χ4n) is 3.57. The summed E-state index contributed by atoms with van der Waals surface area (Å²) >= 11 is 0. The number of ether oxygens (including phenoxy) is 2. The molecular weight excluding hydrogens is 464 g/mol. The number of hydrogen-bond donors (Lipinski definition) is 1. The van der Waals surface area contributed by atoms with E-state index in [2.05, 4.69) is 4.98 Å². The summed E-state index contributed by atoms with van der Waals surface area (Å²) in [5.41, 5.74) is 9.41. The van der Waals surface area contributed by atoms with Crippen molar-refractivity contribution in [1.29, 1.82) is 0 Å². The number of Topliss-reactive ketones (excluding diaryl/α,β-unsaturated/α-hetero) is 1. The van der Waals surface area contributed by atoms with E-state index in [-0.39, 0.29) is 17.1 Å². The number of aromatic nitrogens is 1. The lowest BCUT2D eigenvalue weighted by molar-refractivity contribution is 0.101. The summed E-state index contributed by atoms with van der Waals surface area (Å²) < 4.78 is 40.5. The first-order chi connectivity index (χ1) is 17.2. The average molecular weight is 490 g/mol. The monoisotopic (exact) mass is 489 g/mol. The van der Waals surface area contributed by atoms with E-state index < -0.39 is 23.4 Å². The second kappa shape index (κ2) is 10.5. The Labute approximate surface area is 207 Å². The van der Waals surface area contributed by atoms with E-state index in [0.29, 0.717) is 18.4 Å². The largest absolute Gasteiger partial charge is 0.436 e. The van der Waals surface area contributed by atoms with Crippen molar-refractivity contribution in [2.24, 2.45) is 5.73 Å². The van der Waals surface area contributed by atoms with Crippen LogP contribution in [0.3, 0.4) is 0 Å². The van der Waals surface area contributed by atoms with E-state index in [1.165, 1.54) is 6.92 Å². The van der Waals surface area contributed by atoms with Gasteiger partial charge in [-0.05, 0) is 53.9 Å². The molecule has 0 radical (unpaired) electrons. The number of pyridine rings is 1. The van der Waals surface area contributed by atoms with Crippen LogP contribution in [0.4, 0.5) is 14.5 Å². The van der Waals surface area contributed by atoms with Crippen molar-refractivity contribution >= 4 is 11.5 Å². The van der Waals surface area contributed by atoms with Gasteiger partial charge in [0.15, 0.2) is 17.4 Å². The maximum atomic E-state index is 14.6. The van der Waals surface area contributed by atoms with E-state index in [4.69, 9.17) is 15.2 Å². The average Bonchev–Trinajstić information content (AvgIpc) is 2.87. The van der Waals surface area contributed by atoms with Crippen molar-refractivity contribution in [1.82, 2.24) is 4.98 Å². The third-order valence-corrected chi connectivity index (χ3v) is 5.48. The summed E-state index contributed by atoms with van der Waals surface area (Å²) in [6, 6.07) is 20.2. The number of nitrogens with zero attached hydrogens (tertiary/aromatic N) is 2. The van der Waals surface area contributed by atoms with Gasteiger partial charge < -0.3 is 20.1 Å².